The van der Waals surface area contributed by atoms with Crippen LogP contribution < -0.4 is 5.73 Å². The van der Waals surface area contributed by atoms with Gasteiger partial charge < -0.3 is 10.6 Å². The highest BCUT2D eigenvalue weighted by molar-refractivity contribution is 4.90. The Morgan fingerprint density at radius 2 is 2.08 bits per heavy atom. The van der Waals surface area contributed by atoms with Crippen molar-refractivity contribution in [3.05, 3.63) is 0 Å². The van der Waals surface area contributed by atoms with Gasteiger partial charge in [-0.1, -0.05) is 0 Å². The molecule has 3 heteroatoms. The van der Waals surface area contributed by atoms with Gasteiger partial charge in [0.15, 0.2) is 0 Å². The summed E-state index contributed by atoms with van der Waals surface area (Å²) in [7, 11) is 2.29. The quantitative estimate of drug-likeness (QED) is 0.671. The molecule has 1 heterocycles. The van der Waals surface area contributed by atoms with E-state index in [2.05, 4.69) is 16.8 Å². The van der Waals surface area contributed by atoms with Gasteiger partial charge >= 0.3 is 0 Å². The fourth-order valence-electron chi connectivity index (χ4n) is 2.31. The minimum Gasteiger partial charge on any atom is -0.329 e. The molecule has 1 aliphatic carbocycles. The molecule has 0 spiro atoms. The van der Waals surface area contributed by atoms with Crippen molar-refractivity contribution in [2.24, 2.45) is 5.73 Å². The summed E-state index contributed by atoms with van der Waals surface area (Å²) in [5.74, 6) is 0. The van der Waals surface area contributed by atoms with Crippen LogP contribution in [0.3, 0.4) is 0 Å². The van der Waals surface area contributed by atoms with Crippen molar-refractivity contribution >= 4 is 0 Å². The van der Waals surface area contributed by atoms with Crippen LogP contribution in [0.5, 0.6) is 0 Å². The second-order valence-corrected chi connectivity index (χ2v) is 4.43. The summed E-state index contributed by atoms with van der Waals surface area (Å²) in [5.41, 5.74) is 5.55. The van der Waals surface area contributed by atoms with Crippen LogP contribution in [0.2, 0.25) is 0 Å². The molecule has 2 fully saturated rings. The molecule has 0 amide bonds. The highest BCUT2D eigenvalue weighted by atomic mass is 15.3. The van der Waals surface area contributed by atoms with E-state index >= 15 is 0 Å². The first kappa shape index (κ1) is 9.44. The molecule has 0 aromatic rings. The fraction of sp³-hybridized carbons (Fsp3) is 1.00. The first-order valence-corrected chi connectivity index (χ1v) is 5.45. The van der Waals surface area contributed by atoms with Gasteiger partial charge in [0.25, 0.3) is 0 Å². The molecular weight excluding hydrogens is 162 g/mol. The van der Waals surface area contributed by atoms with Crippen molar-refractivity contribution in [3.8, 4) is 0 Å². The predicted octanol–water partition coefficient (Wildman–Crippen LogP) is 0.114. The van der Waals surface area contributed by atoms with Gasteiger partial charge in [-0.15, -0.1) is 0 Å². The van der Waals surface area contributed by atoms with E-state index in [4.69, 9.17) is 5.73 Å². The van der Waals surface area contributed by atoms with Crippen LogP contribution in [-0.2, 0) is 0 Å². The van der Waals surface area contributed by atoms with Crippen molar-refractivity contribution in [3.63, 3.8) is 0 Å². The topological polar surface area (TPSA) is 32.5 Å². The number of rotatable bonds is 4. The molecule has 76 valence electrons. The SMILES string of the molecule is CN(C1CC1)C1CCN(CCN)C1. The minimum absolute atomic E-state index is 0.805. The molecule has 2 rings (SSSR count). The standard InChI is InChI=1S/C10H21N3/c1-12(9-2-3-9)10-4-6-13(8-10)7-5-11/h9-10H,2-8,11H2,1H3. The number of hydrogen-bond donors (Lipinski definition) is 1. The van der Waals surface area contributed by atoms with E-state index in [1.54, 1.807) is 0 Å². The monoisotopic (exact) mass is 183 g/mol. The lowest BCUT2D eigenvalue weighted by Gasteiger charge is -2.24. The lowest BCUT2D eigenvalue weighted by molar-refractivity contribution is 0.225. The van der Waals surface area contributed by atoms with E-state index in [0.717, 1.165) is 25.2 Å². The summed E-state index contributed by atoms with van der Waals surface area (Å²) in [6.07, 6.45) is 4.18. The number of likely N-dealkylation sites (tertiary alicyclic amines) is 1. The van der Waals surface area contributed by atoms with Gasteiger partial charge in [-0.2, -0.15) is 0 Å². The maximum absolute atomic E-state index is 5.55. The molecule has 1 atom stereocenters. The largest absolute Gasteiger partial charge is 0.329 e. The van der Waals surface area contributed by atoms with Crippen molar-refractivity contribution in [1.29, 1.82) is 0 Å². The highest BCUT2D eigenvalue weighted by Crippen LogP contribution is 2.29. The average molecular weight is 183 g/mol. The molecule has 1 saturated carbocycles. The molecule has 0 aromatic carbocycles. The lowest BCUT2D eigenvalue weighted by atomic mass is 10.2. The van der Waals surface area contributed by atoms with Gasteiger partial charge in [-0.3, -0.25) is 4.90 Å². The van der Waals surface area contributed by atoms with E-state index in [1.807, 2.05) is 0 Å². The summed E-state index contributed by atoms with van der Waals surface area (Å²) >= 11 is 0. The molecule has 0 bridgehead atoms. The van der Waals surface area contributed by atoms with Gasteiger partial charge in [-0.25, -0.2) is 0 Å². The van der Waals surface area contributed by atoms with Crippen LogP contribution in [0.4, 0.5) is 0 Å². The van der Waals surface area contributed by atoms with Gasteiger partial charge in [0, 0.05) is 31.7 Å². The van der Waals surface area contributed by atoms with Crippen LogP contribution in [-0.4, -0.2) is 55.1 Å². The molecule has 3 nitrogen and oxygen atoms in total. The van der Waals surface area contributed by atoms with Gasteiger partial charge in [0.05, 0.1) is 0 Å². The molecular formula is C10H21N3. The Balaban J connectivity index is 1.76. The van der Waals surface area contributed by atoms with Crippen molar-refractivity contribution in [2.75, 3.05) is 33.2 Å². The van der Waals surface area contributed by atoms with Crippen molar-refractivity contribution in [1.82, 2.24) is 9.80 Å². The summed E-state index contributed by atoms with van der Waals surface area (Å²) in [6.45, 7) is 4.37. The fourth-order valence-corrected chi connectivity index (χ4v) is 2.31. The molecule has 1 unspecified atom stereocenters. The molecule has 0 radical (unpaired) electrons. The smallest absolute Gasteiger partial charge is 0.0235 e. The average Bonchev–Trinajstić information content (AvgIpc) is 2.87. The maximum Gasteiger partial charge on any atom is 0.0235 e. The third-order valence-electron chi connectivity index (χ3n) is 3.39. The van der Waals surface area contributed by atoms with Crippen LogP contribution in [0.15, 0.2) is 0 Å². The summed E-state index contributed by atoms with van der Waals surface area (Å²) in [4.78, 5) is 5.07. The molecule has 2 aliphatic rings. The summed E-state index contributed by atoms with van der Waals surface area (Å²) in [6, 6.07) is 1.71. The van der Waals surface area contributed by atoms with Gasteiger partial charge in [-0.05, 0) is 32.9 Å². The summed E-state index contributed by atoms with van der Waals surface area (Å²) < 4.78 is 0. The van der Waals surface area contributed by atoms with E-state index < -0.39 is 0 Å². The van der Waals surface area contributed by atoms with E-state index in [0.29, 0.717) is 0 Å². The van der Waals surface area contributed by atoms with Crippen LogP contribution >= 0.6 is 0 Å². The third-order valence-corrected chi connectivity index (χ3v) is 3.39. The van der Waals surface area contributed by atoms with Gasteiger partial charge in [0.1, 0.15) is 0 Å². The maximum atomic E-state index is 5.55. The normalized spacial score (nSPS) is 30.2. The number of likely N-dealkylation sites (N-methyl/N-ethyl adjacent to an activating group) is 1. The molecule has 0 aromatic heterocycles. The lowest BCUT2D eigenvalue weighted by Crippen LogP contribution is -2.37. The predicted molar refractivity (Wildman–Crippen MR) is 54.7 cm³/mol. The van der Waals surface area contributed by atoms with Crippen molar-refractivity contribution in [2.45, 2.75) is 31.3 Å². The number of hydrogen-bond acceptors (Lipinski definition) is 3. The van der Waals surface area contributed by atoms with Crippen LogP contribution in [0.25, 0.3) is 0 Å². The van der Waals surface area contributed by atoms with E-state index in [9.17, 15) is 0 Å². The van der Waals surface area contributed by atoms with Crippen molar-refractivity contribution < 1.29 is 0 Å². The number of nitrogens with two attached hydrogens (primary N) is 1. The molecule has 1 aliphatic heterocycles. The number of nitrogens with zero attached hydrogens (tertiary/aromatic N) is 2. The summed E-state index contributed by atoms with van der Waals surface area (Å²) in [5, 5.41) is 0. The van der Waals surface area contributed by atoms with E-state index in [1.165, 1.54) is 32.4 Å². The Bertz CT molecular complexity index is 168. The Morgan fingerprint density at radius 3 is 2.69 bits per heavy atom. The second kappa shape index (κ2) is 3.95. The zero-order valence-electron chi connectivity index (χ0n) is 8.58. The van der Waals surface area contributed by atoms with Crippen LogP contribution in [0, 0.1) is 0 Å². The van der Waals surface area contributed by atoms with Gasteiger partial charge in [0.2, 0.25) is 0 Å². The Hall–Kier alpha value is -0.120. The second-order valence-electron chi connectivity index (χ2n) is 4.43. The molecule has 1 saturated heterocycles. The van der Waals surface area contributed by atoms with Crippen LogP contribution in [0.1, 0.15) is 19.3 Å². The zero-order chi connectivity index (χ0) is 9.26. The Morgan fingerprint density at radius 1 is 1.31 bits per heavy atom. The first-order chi connectivity index (χ1) is 6.31. The first-order valence-electron chi connectivity index (χ1n) is 5.45. The Kier molecular flexibility index (Phi) is 2.86. The Labute approximate surface area is 80.9 Å². The third kappa shape index (κ3) is 2.22. The minimum atomic E-state index is 0.805. The van der Waals surface area contributed by atoms with E-state index in [-0.39, 0.29) is 0 Å². The highest BCUT2D eigenvalue weighted by Gasteiger charge is 2.34. The zero-order valence-corrected chi connectivity index (χ0v) is 8.58. The molecule has 13 heavy (non-hydrogen) atoms. The molecule has 2 N–H and O–H groups in total.